The molecule has 1 heterocycles. The number of hydrogen-bond donors (Lipinski definition) is 1. The highest BCUT2D eigenvalue weighted by Gasteiger charge is 2.17. The van der Waals surface area contributed by atoms with Gasteiger partial charge in [0.1, 0.15) is 6.10 Å². The van der Waals surface area contributed by atoms with E-state index in [2.05, 4.69) is 18.8 Å². The Labute approximate surface area is 98.0 Å². The molecule has 0 radical (unpaired) electrons. The van der Waals surface area contributed by atoms with E-state index in [4.69, 9.17) is 10.5 Å². The third-order valence-corrected chi connectivity index (χ3v) is 2.45. The molecule has 0 spiro atoms. The Hall–Kier alpha value is -0.930. The summed E-state index contributed by atoms with van der Waals surface area (Å²) in [5.74, 6) is 0.650. The first kappa shape index (κ1) is 13.1. The Kier molecular flexibility index (Phi) is 5.43. The first-order chi connectivity index (χ1) is 7.61. The molecule has 0 bridgehead atoms. The van der Waals surface area contributed by atoms with Gasteiger partial charge in [-0.15, -0.1) is 0 Å². The van der Waals surface area contributed by atoms with Gasteiger partial charge < -0.3 is 10.5 Å². The Morgan fingerprint density at radius 1 is 1.31 bits per heavy atom. The molecule has 0 aliphatic carbocycles. The van der Waals surface area contributed by atoms with E-state index in [0.717, 1.165) is 18.7 Å². The average molecular weight is 222 g/mol. The van der Waals surface area contributed by atoms with Gasteiger partial charge in [-0.25, -0.2) is 0 Å². The summed E-state index contributed by atoms with van der Waals surface area (Å²) in [7, 11) is 0. The fourth-order valence-electron chi connectivity index (χ4n) is 1.48. The van der Waals surface area contributed by atoms with Crippen LogP contribution in [0.1, 0.15) is 39.0 Å². The van der Waals surface area contributed by atoms with E-state index in [1.165, 1.54) is 0 Å². The molecule has 0 aromatic carbocycles. The summed E-state index contributed by atoms with van der Waals surface area (Å²) >= 11 is 0. The molecule has 0 saturated heterocycles. The fraction of sp³-hybridized carbons (Fsp3) is 0.615. The van der Waals surface area contributed by atoms with Crippen LogP contribution < -0.4 is 5.73 Å². The summed E-state index contributed by atoms with van der Waals surface area (Å²) in [5, 5.41) is 0. The summed E-state index contributed by atoms with van der Waals surface area (Å²) < 4.78 is 5.81. The van der Waals surface area contributed by atoms with Crippen LogP contribution in [-0.4, -0.2) is 17.6 Å². The molecule has 2 unspecified atom stereocenters. The lowest BCUT2D eigenvalue weighted by atomic mass is 10.1. The van der Waals surface area contributed by atoms with Crippen molar-refractivity contribution in [2.24, 2.45) is 11.7 Å². The van der Waals surface area contributed by atoms with Crippen LogP contribution >= 0.6 is 0 Å². The van der Waals surface area contributed by atoms with Crippen LogP contribution in [0.25, 0.3) is 0 Å². The molecule has 16 heavy (non-hydrogen) atoms. The maximum absolute atomic E-state index is 5.92. The van der Waals surface area contributed by atoms with Gasteiger partial charge in [-0.05, 0) is 31.4 Å². The van der Waals surface area contributed by atoms with Crippen molar-refractivity contribution < 1.29 is 4.74 Å². The van der Waals surface area contributed by atoms with Gasteiger partial charge in [0.25, 0.3) is 0 Å². The normalized spacial score (nSPS) is 15.1. The highest BCUT2D eigenvalue weighted by molar-refractivity contribution is 5.08. The van der Waals surface area contributed by atoms with Gasteiger partial charge in [0.2, 0.25) is 0 Å². The third-order valence-electron chi connectivity index (χ3n) is 2.45. The van der Waals surface area contributed by atoms with E-state index in [0.29, 0.717) is 5.92 Å². The number of nitrogens with two attached hydrogens (primary N) is 1. The van der Waals surface area contributed by atoms with Crippen LogP contribution in [0.5, 0.6) is 0 Å². The summed E-state index contributed by atoms with van der Waals surface area (Å²) in [4.78, 5) is 4.29. The van der Waals surface area contributed by atoms with Crippen molar-refractivity contribution in [3.8, 4) is 0 Å². The summed E-state index contributed by atoms with van der Waals surface area (Å²) in [5.41, 5.74) is 6.84. The zero-order chi connectivity index (χ0) is 12.0. The molecule has 0 amide bonds. The van der Waals surface area contributed by atoms with Gasteiger partial charge in [-0.1, -0.05) is 19.9 Å². The van der Waals surface area contributed by atoms with E-state index in [1.807, 2.05) is 25.1 Å². The molecule has 0 aliphatic heterocycles. The Balaban J connectivity index is 2.55. The van der Waals surface area contributed by atoms with Crippen molar-refractivity contribution in [2.75, 3.05) is 6.61 Å². The first-order valence-electron chi connectivity index (χ1n) is 5.89. The standard InChI is InChI=1S/C13H22N2O/c1-10(2)7-9-16-13(11(3)14)12-6-4-5-8-15-12/h4-6,8,10-11,13H,7,9,14H2,1-3H3. The Morgan fingerprint density at radius 3 is 2.56 bits per heavy atom. The van der Waals surface area contributed by atoms with Crippen LogP contribution in [-0.2, 0) is 4.74 Å². The lowest BCUT2D eigenvalue weighted by Gasteiger charge is -2.21. The predicted octanol–water partition coefficient (Wildman–Crippen LogP) is 2.53. The van der Waals surface area contributed by atoms with Gasteiger partial charge in [-0.2, -0.15) is 0 Å². The molecule has 3 nitrogen and oxygen atoms in total. The molecule has 2 atom stereocenters. The number of hydrogen-bond acceptors (Lipinski definition) is 3. The van der Waals surface area contributed by atoms with E-state index < -0.39 is 0 Å². The fourth-order valence-corrected chi connectivity index (χ4v) is 1.48. The van der Waals surface area contributed by atoms with Crippen molar-refractivity contribution >= 4 is 0 Å². The molecule has 90 valence electrons. The molecule has 1 rings (SSSR count). The van der Waals surface area contributed by atoms with E-state index in [9.17, 15) is 0 Å². The van der Waals surface area contributed by atoms with Gasteiger partial charge in [0.05, 0.1) is 5.69 Å². The largest absolute Gasteiger partial charge is 0.370 e. The maximum atomic E-state index is 5.92. The molecule has 3 heteroatoms. The zero-order valence-corrected chi connectivity index (χ0v) is 10.4. The summed E-state index contributed by atoms with van der Waals surface area (Å²) in [6, 6.07) is 5.78. The monoisotopic (exact) mass is 222 g/mol. The quantitative estimate of drug-likeness (QED) is 0.804. The highest BCUT2D eigenvalue weighted by Crippen LogP contribution is 2.18. The molecule has 2 N–H and O–H groups in total. The molecule has 1 aromatic heterocycles. The minimum atomic E-state index is -0.0973. The SMILES string of the molecule is CC(C)CCOC(c1ccccn1)C(C)N. The van der Waals surface area contributed by atoms with Crippen LogP contribution in [0.4, 0.5) is 0 Å². The molecule has 0 saturated carbocycles. The predicted molar refractivity (Wildman–Crippen MR) is 66.0 cm³/mol. The van der Waals surface area contributed by atoms with Crippen LogP contribution in [0.3, 0.4) is 0 Å². The number of rotatable bonds is 6. The van der Waals surface area contributed by atoms with E-state index in [-0.39, 0.29) is 12.1 Å². The zero-order valence-electron chi connectivity index (χ0n) is 10.4. The molecule has 1 aromatic rings. The molecule has 0 fully saturated rings. The van der Waals surface area contributed by atoms with Gasteiger partial charge in [0, 0.05) is 18.8 Å². The van der Waals surface area contributed by atoms with Crippen LogP contribution in [0, 0.1) is 5.92 Å². The summed E-state index contributed by atoms with van der Waals surface area (Å²) in [6.45, 7) is 7.06. The molecule has 0 aliphatic rings. The second kappa shape index (κ2) is 6.61. The molecular weight excluding hydrogens is 200 g/mol. The van der Waals surface area contributed by atoms with Crippen molar-refractivity contribution in [1.29, 1.82) is 0 Å². The average Bonchev–Trinajstić information content (AvgIpc) is 2.25. The second-order valence-corrected chi connectivity index (χ2v) is 4.59. The number of aromatic nitrogens is 1. The Bertz CT molecular complexity index is 285. The topological polar surface area (TPSA) is 48.1 Å². The van der Waals surface area contributed by atoms with Gasteiger partial charge in [-0.3, -0.25) is 4.98 Å². The number of ether oxygens (including phenoxy) is 1. The van der Waals surface area contributed by atoms with Crippen molar-refractivity contribution in [2.45, 2.75) is 39.3 Å². The number of pyridine rings is 1. The van der Waals surface area contributed by atoms with Crippen LogP contribution in [0.2, 0.25) is 0 Å². The van der Waals surface area contributed by atoms with E-state index >= 15 is 0 Å². The number of nitrogens with zero attached hydrogens (tertiary/aromatic N) is 1. The molecular formula is C13H22N2O. The van der Waals surface area contributed by atoms with Crippen molar-refractivity contribution in [3.05, 3.63) is 30.1 Å². The minimum Gasteiger partial charge on any atom is -0.370 e. The Morgan fingerprint density at radius 2 is 2.06 bits per heavy atom. The first-order valence-corrected chi connectivity index (χ1v) is 5.89. The van der Waals surface area contributed by atoms with E-state index in [1.54, 1.807) is 6.20 Å². The van der Waals surface area contributed by atoms with Crippen molar-refractivity contribution in [1.82, 2.24) is 4.98 Å². The van der Waals surface area contributed by atoms with Crippen molar-refractivity contribution in [3.63, 3.8) is 0 Å². The third kappa shape index (κ3) is 4.29. The highest BCUT2D eigenvalue weighted by atomic mass is 16.5. The smallest absolute Gasteiger partial charge is 0.114 e. The van der Waals surface area contributed by atoms with Gasteiger partial charge in [0.15, 0.2) is 0 Å². The lowest BCUT2D eigenvalue weighted by molar-refractivity contribution is 0.0294. The van der Waals surface area contributed by atoms with Crippen LogP contribution in [0.15, 0.2) is 24.4 Å². The van der Waals surface area contributed by atoms with Gasteiger partial charge >= 0.3 is 0 Å². The maximum Gasteiger partial charge on any atom is 0.114 e. The lowest BCUT2D eigenvalue weighted by Crippen LogP contribution is -2.28. The second-order valence-electron chi connectivity index (χ2n) is 4.59. The summed E-state index contributed by atoms with van der Waals surface area (Å²) in [6.07, 6.45) is 2.73. The minimum absolute atomic E-state index is 0.0398.